The fourth-order valence-corrected chi connectivity index (χ4v) is 5.42. The maximum Gasteiger partial charge on any atom is 0.339 e. The minimum Gasteiger partial charge on any atom is -0.493 e. The highest BCUT2D eigenvalue weighted by atomic mass is 16.5. The van der Waals surface area contributed by atoms with Crippen LogP contribution in [0.1, 0.15) is 27.5 Å². The molecule has 1 atom stereocenters. The predicted molar refractivity (Wildman–Crippen MR) is 157 cm³/mol. The SMILES string of the molecule is COc1cc2c(cc1OC)C(COc1cc(=O)oc3ccccc13)N(C(=O)c1ccc(-c3ccccc3)cc1)CC2. The van der Waals surface area contributed by atoms with E-state index in [2.05, 4.69) is 0 Å². The van der Waals surface area contributed by atoms with Gasteiger partial charge in [-0.15, -0.1) is 0 Å². The Morgan fingerprint density at radius 3 is 2.27 bits per heavy atom. The van der Waals surface area contributed by atoms with Crippen molar-refractivity contribution in [2.75, 3.05) is 27.4 Å². The largest absolute Gasteiger partial charge is 0.493 e. The van der Waals surface area contributed by atoms with Crippen LogP contribution in [0.4, 0.5) is 0 Å². The van der Waals surface area contributed by atoms with Crippen LogP contribution >= 0.6 is 0 Å². The van der Waals surface area contributed by atoms with Gasteiger partial charge in [-0.25, -0.2) is 4.79 Å². The molecule has 0 spiro atoms. The summed E-state index contributed by atoms with van der Waals surface area (Å²) in [5, 5.41) is 0.685. The Morgan fingerprint density at radius 1 is 0.829 bits per heavy atom. The summed E-state index contributed by atoms with van der Waals surface area (Å²) in [4.78, 5) is 28.1. The van der Waals surface area contributed by atoms with Crippen molar-refractivity contribution in [3.63, 3.8) is 0 Å². The van der Waals surface area contributed by atoms with Crippen molar-refractivity contribution in [3.8, 4) is 28.4 Å². The molecule has 4 aromatic carbocycles. The first-order chi connectivity index (χ1) is 20.1. The summed E-state index contributed by atoms with van der Waals surface area (Å²) >= 11 is 0. The maximum atomic E-state index is 14.0. The number of hydrogen-bond donors (Lipinski definition) is 0. The second-order valence-corrected chi connectivity index (χ2v) is 9.85. The highest BCUT2D eigenvalue weighted by Crippen LogP contribution is 2.39. The Labute approximate surface area is 237 Å². The van der Waals surface area contributed by atoms with Gasteiger partial charge in [0.15, 0.2) is 11.5 Å². The van der Waals surface area contributed by atoms with Crippen molar-refractivity contribution in [3.05, 3.63) is 124 Å². The predicted octanol–water partition coefficient (Wildman–Crippen LogP) is 6.30. The van der Waals surface area contributed by atoms with E-state index in [0.717, 1.165) is 22.3 Å². The smallest absolute Gasteiger partial charge is 0.339 e. The van der Waals surface area contributed by atoms with Gasteiger partial charge in [0.25, 0.3) is 5.91 Å². The van der Waals surface area contributed by atoms with Gasteiger partial charge in [-0.05, 0) is 65.1 Å². The standard InChI is InChI=1S/C34H29NO6/c1-38-31-18-25-16-17-35(34(37)24-14-12-23(13-15-24)22-8-4-3-5-9-22)28(27(25)19-32(31)39-2)21-40-30-20-33(36)41-29-11-7-6-10-26(29)30/h3-15,18-20,28H,16-17,21H2,1-2H3. The van der Waals surface area contributed by atoms with Crippen molar-refractivity contribution in [2.45, 2.75) is 12.5 Å². The highest BCUT2D eigenvalue weighted by Gasteiger charge is 2.33. The molecule has 0 aliphatic carbocycles. The van der Waals surface area contributed by atoms with Crippen molar-refractivity contribution in [1.29, 1.82) is 0 Å². The van der Waals surface area contributed by atoms with E-state index in [-0.39, 0.29) is 12.5 Å². The van der Waals surface area contributed by atoms with E-state index in [9.17, 15) is 9.59 Å². The van der Waals surface area contributed by atoms with E-state index in [1.165, 1.54) is 6.07 Å². The molecule has 1 aromatic heterocycles. The Balaban J connectivity index is 1.36. The lowest BCUT2D eigenvalue weighted by Gasteiger charge is -2.37. The summed E-state index contributed by atoms with van der Waals surface area (Å²) in [6, 6.07) is 29.7. The van der Waals surface area contributed by atoms with E-state index in [0.29, 0.717) is 46.7 Å². The van der Waals surface area contributed by atoms with E-state index in [1.54, 1.807) is 26.4 Å². The first-order valence-electron chi connectivity index (χ1n) is 13.4. The molecular weight excluding hydrogens is 518 g/mol. The molecule has 6 rings (SSSR count). The number of ether oxygens (including phenoxy) is 3. The third kappa shape index (κ3) is 5.14. The third-order valence-electron chi connectivity index (χ3n) is 7.51. The summed E-state index contributed by atoms with van der Waals surface area (Å²) in [5.74, 6) is 1.51. The van der Waals surface area contributed by atoms with Crippen LogP contribution in [0.2, 0.25) is 0 Å². The van der Waals surface area contributed by atoms with E-state index < -0.39 is 11.7 Å². The lowest BCUT2D eigenvalue weighted by molar-refractivity contribution is 0.0590. The second kappa shape index (κ2) is 11.2. The fraction of sp³-hybridized carbons (Fsp3) is 0.176. The highest BCUT2D eigenvalue weighted by molar-refractivity contribution is 5.95. The van der Waals surface area contributed by atoms with Crippen LogP contribution in [-0.2, 0) is 6.42 Å². The zero-order valence-electron chi connectivity index (χ0n) is 22.8. The van der Waals surface area contributed by atoms with Gasteiger partial charge >= 0.3 is 5.63 Å². The normalized spacial score (nSPS) is 14.4. The summed E-state index contributed by atoms with van der Waals surface area (Å²) in [7, 11) is 3.19. The van der Waals surface area contributed by atoms with E-state index in [1.807, 2.05) is 83.8 Å². The maximum absolute atomic E-state index is 14.0. The van der Waals surface area contributed by atoms with Crippen LogP contribution in [0.3, 0.4) is 0 Å². The minimum atomic E-state index is -0.499. The first kappa shape index (κ1) is 26.2. The average molecular weight is 548 g/mol. The lowest BCUT2D eigenvalue weighted by Crippen LogP contribution is -2.42. The average Bonchev–Trinajstić information content (AvgIpc) is 3.02. The molecule has 1 aliphatic rings. The Hall–Kier alpha value is -5.04. The molecule has 0 radical (unpaired) electrons. The van der Waals surface area contributed by atoms with Crippen molar-refractivity contribution >= 4 is 16.9 Å². The summed E-state index contributed by atoms with van der Waals surface area (Å²) in [6.07, 6.45) is 0.651. The van der Waals surface area contributed by atoms with Gasteiger partial charge in [0, 0.05) is 12.1 Å². The minimum absolute atomic E-state index is 0.101. The number of fused-ring (bicyclic) bond motifs is 2. The van der Waals surface area contributed by atoms with Crippen molar-refractivity contribution in [2.24, 2.45) is 0 Å². The number of hydrogen-bond acceptors (Lipinski definition) is 6. The molecule has 2 heterocycles. The Kier molecular flexibility index (Phi) is 7.17. The molecule has 0 saturated carbocycles. The molecule has 7 heteroatoms. The van der Waals surface area contributed by atoms with Crippen molar-refractivity contribution in [1.82, 2.24) is 4.90 Å². The molecule has 1 unspecified atom stereocenters. The Morgan fingerprint density at radius 2 is 1.51 bits per heavy atom. The zero-order valence-corrected chi connectivity index (χ0v) is 22.8. The molecule has 7 nitrogen and oxygen atoms in total. The molecule has 0 saturated heterocycles. The molecule has 1 aliphatic heterocycles. The molecule has 41 heavy (non-hydrogen) atoms. The van der Waals surface area contributed by atoms with E-state index in [4.69, 9.17) is 18.6 Å². The summed E-state index contributed by atoms with van der Waals surface area (Å²) < 4.78 is 22.8. The van der Waals surface area contributed by atoms with Gasteiger partial charge in [-0.3, -0.25) is 4.79 Å². The molecule has 206 valence electrons. The molecule has 5 aromatic rings. The zero-order chi connectivity index (χ0) is 28.3. The monoisotopic (exact) mass is 547 g/mol. The quantitative estimate of drug-likeness (QED) is 0.223. The van der Waals surface area contributed by atoms with E-state index >= 15 is 0 Å². The van der Waals surface area contributed by atoms with Crippen molar-refractivity contribution < 1.29 is 23.4 Å². The number of benzene rings is 4. The topological polar surface area (TPSA) is 78.2 Å². The van der Waals surface area contributed by atoms with Gasteiger partial charge in [-0.2, -0.15) is 0 Å². The van der Waals surface area contributed by atoms with Crippen LogP contribution in [0.25, 0.3) is 22.1 Å². The summed E-state index contributed by atoms with van der Waals surface area (Å²) in [5.41, 5.74) is 4.62. The van der Waals surface area contributed by atoms with Crippen LogP contribution in [0.5, 0.6) is 17.2 Å². The molecule has 0 N–H and O–H groups in total. The molecule has 1 amide bonds. The Bertz CT molecular complexity index is 1760. The number of carbonyl (C=O) groups excluding carboxylic acids is 1. The summed E-state index contributed by atoms with van der Waals surface area (Å²) in [6.45, 7) is 0.622. The fourth-order valence-electron chi connectivity index (χ4n) is 5.42. The van der Waals surface area contributed by atoms with Crippen LogP contribution < -0.4 is 19.8 Å². The van der Waals surface area contributed by atoms with Crippen LogP contribution in [-0.4, -0.2) is 38.2 Å². The number of para-hydroxylation sites is 1. The van der Waals surface area contributed by atoms with Gasteiger partial charge in [0.2, 0.25) is 0 Å². The number of carbonyl (C=O) groups is 1. The van der Waals surface area contributed by atoms with Gasteiger partial charge in [0.1, 0.15) is 17.9 Å². The molecule has 0 fully saturated rings. The third-order valence-corrected chi connectivity index (χ3v) is 7.51. The van der Waals surface area contributed by atoms with Crippen LogP contribution in [0.15, 0.2) is 106 Å². The lowest BCUT2D eigenvalue weighted by atomic mass is 9.91. The van der Waals surface area contributed by atoms with Gasteiger partial charge < -0.3 is 23.5 Å². The number of nitrogens with zero attached hydrogens (tertiary/aromatic N) is 1. The second-order valence-electron chi connectivity index (χ2n) is 9.85. The first-order valence-corrected chi connectivity index (χ1v) is 13.4. The van der Waals surface area contributed by atoms with Gasteiger partial charge in [0.05, 0.1) is 31.7 Å². The number of methoxy groups -OCH3 is 2. The van der Waals surface area contributed by atoms with Gasteiger partial charge in [-0.1, -0.05) is 54.6 Å². The molecular formula is C34H29NO6. The van der Waals surface area contributed by atoms with Crippen LogP contribution in [0, 0.1) is 0 Å². The molecule has 0 bridgehead atoms. The number of rotatable bonds is 7. The number of amides is 1.